The number of phenolic OH excluding ortho intramolecular Hbond substituents is 1. The summed E-state index contributed by atoms with van der Waals surface area (Å²) in [5.74, 6) is 0.631. The number of rotatable bonds is 3. The minimum absolute atomic E-state index is 0.110. The van der Waals surface area contributed by atoms with E-state index in [0.717, 1.165) is 22.1 Å². The first-order valence-electron chi connectivity index (χ1n) is 7.79. The standard InChI is InChI=1S/C21H18O3/c1-3-5-7-14(6-4-2)21-17-10-8-15(22)12-19(17)24-20-13-16(23)9-11-18(20)21/h3-13,22H,1-2H3/b5-3-,6-4-,14-7+. The molecule has 120 valence electrons. The highest BCUT2D eigenvalue weighted by molar-refractivity contribution is 6.00. The van der Waals surface area contributed by atoms with Crippen LogP contribution in [0.1, 0.15) is 19.4 Å². The highest BCUT2D eigenvalue weighted by Gasteiger charge is 2.17. The van der Waals surface area contributed by atoms with Crippen LogP contribution < -0.4 is 5.43 Å². The zero-order valence-corrected chi connectivity index (χ0v) is 13.6. The van der Waals surface area contributed by atoms with E-state index in [1.807, 2.05) is 50.3 Å². The van der Waals surface area contributed by atoms with Gasteiger partial charge in [0.15, 0.2) is 5.43 Å². The van der Waals surface area contributed by atoms with Crippen molar-refractivity contribution in [3.05, 3.63) is 82.6 Å². The van der Waals surface area contributed by atoms with Gasteiger partial charge in [-0.3, -0.25) is 4.79 Å². The van der Waals surface area contributed by atoms with Crippen LogP contribution >= 0.6 is 0 Å². The normalized spacial score (nSPS) is 12.8. The zero-order chi connectivity index (χ0) is 17.1. The predicted octanol–water partition coefficient (Wildman–Crippen LogP) is 5.14. The Morgan fingerprint density at radius 1 is 1.08 bits per heavy atom. The van der Waals surface area contributed by atoms with Gasteiger partial charge in [-0.2, -0.15) is 0 Å². The number of aromatic hydroxyl groups is 1. The highest BCUT2D eigenvalue weighted by atomic mass is 16.3. The third-order valence-corrected chi connectivity index (χ3v) is 3.78. The lowest BCUT2D eigenvalue weighted by Gasteiger charge is -2.15. The van der Waals surface area contributed by atoms with Crippen molar-refractivity contribution in [3.63, 3.8) is 0 Å². The minimum atomic E-state index is -0.110. The molecule has 1 aliphatic heterocycles. The molecule has 1 aromatic rings. The van der Waals surface area contributed by atoms with Crippen molar-refractivity contribution in [2.75, 3.05) is 0 Å². The first-order valence-corrected chi connectivity index (χ1v) is 7.79. The van der Waals surface area contributed by atoms with E-state index in [1.54, 1.807) is 18.2 Å². The second-order valence-corrected chi connectivity index (χ2v) is 5.46. The molecule has 0 unspecified atom stereocenters. The molecule has 0 atom stereocenters. The maximum atomic E-state index is 11.7. The molecule has 3 rings (SSSR count). The third kappa shape index (κ3) is 2.88. The molecule has 0 aromatic heterocycles. The van der Waals surface area contributed by atoms with Gasteiger partial charge in [-0.1, -0.05) is 30.4 Å². The molecule has 3 nitrogen and oxygen atoms in total. The summed E-state index contributed by atoms with van der Waals surface area (Å²) in [5, 5.41) is 10.7. The number of benzene rings is 2. The molecule has 1 aromatic carbocycles. The Morgan fingerprint density at radius 2 is 1.92 bits per heavy atom. The van der Waals surface area contributed by atoms with Gasteiger partial charge in [-0.25, -0.2) is 0 Å². The highest BCUT2D eigenvalue weighted by Crippen LogP contribution is 2.38. The predicted molar refractivity (Wildman–Crippen MR) is 98.4 cm³/mol. The van der Waals surface area contributed by atoms with E-state index in [0.29, 0.717) is 11.3 Å². The Hall–Kier alpha value is -3.07. The van der Waals surface area contributed by atoms with E-state index < -0.39 is 0 Å². The second kappa shape index (κ2) is 6.59. The molecule has 1 aliphatic carbocycles. The summed E-state index contributed by atoms with van der Waals surface area (Å²) < 4.78 is 5.85. The van der Waals surface area contributed by atoms with E-state index in [-0.39, 0.29) is 11.2 Å². The van der Waals surface area contributed by atoms with E-state index in [4.69, 9.17) is 4.42 Å². The quantitative estimate of drug-likeness (QED) is 0.537. The van der Waals surface area contributed by atoms with Crippen LogP contribution in [0.2, 0.25) is 0 Å². The SMILES string of the molecule is C\C=C/C=C(\C=C/C)c1c2ccc(=O)cc-2oc2cc(O)ccc12. The monoisotopic (exact) mass is 318 g/mol. The molecule has 0 bridgehead atoms. The van der Waals surface area contributed by atoms with Crippen molar-refractivity contribution in [1.29, 1.82) is 0 Å². The van der Waals surface area contributed by atoms with Crippen LogP contribution in [-0.4, -0.2) is 5.11 Å². The van der Waals surface area contributed by atoms with Crippen molar-refractivity contribution in [2.24, 2.45) is 0 Å². The largest absolute Gasteiger partial charge is 0.508 e. The summed E-state index contributed by atoms with van der Waals surface area (Å²) >= 11 is 0. The first-order chi connectivity index (χ1) is 11.6. The van der Waals surface area contributed by atoms with Crippen LogP contribution in [0.25, 0.3) is 27.9 Å². The first kappa shape index (κ1) is 15.8. The zero-order valence-electron chi connectivity index (χ0n) is 13.6. The van der Waals surface area contributed by atoms with Gasteiger partial charge in [0, 0.05) is 28.6 Å². The Kier molecular flexibility index (Phi) is 4.34. The summed E-state index contributed by atoms with van der Waals surface area (Å²) in [6, 6.07) is 9.84. The lowest BCUT2D eigenvalue weighted by molar-refractivity contribution is 0.474. The van der Waals surface area contributed by atoms with Gasteiger partial charge in [0.05, 0.1) is 0 Å². The molecule has 0 fully saturated rings. The van der Waals surface area contributed by atoms with Crippen molar-refractivity contribution >= 4 is 16.5 Å². The molecular weight excluding hydrogens is 300 g/mol. The van der Waals surface area contributed by atoms with Gasteiger partial charge in [0.25, 0.3) is 0 Å². The lowest BCUT2D eigenvalue weighted by Crippen LogP contribution is -2.00. The molecule has 0 saturated carbocycles. The van der Waals surface area contributed by atoms with Crippen molar-refractivity contribution in [2.45, 2.75) is 13.8 Å². The van der Waals surface area contributed by atoms with Crippen LogP contribution in [0.5, 0.6) is 5.75 Å². The Balaban J connectivity index is 2.48. The van der Waals surface area contributed by atoms with Gasteiger partial charge in [-0.05, 0) is 43.7 Å². The van der Waals surface area contributed by atoms with E-state index >= 15 is 0 Å². The Morgan fingerprint density at radius 3 is 2.67 bits per heavy atom. The second-order valence-electron chi connectivity index (χ2n) is 5.46. The molecule has 24 heavy (non-hydrogen) atoms. The Labute approximate surface area is 140 Å². The van der Waals surface area contributed by atoms with Gasteiger partial charge in [0.2, 0.25) is 0 Å². The molecule has 0 radical (unpaired) electrons. The molecule has 2 aliphatic rings. The van der Waals surface area contributed by atoms with Crippen LogP contribution in [0.15, 0.2) is 76.0 Å². The molecule has 0 saturated heterocycles. The fourth-order valence-corrected chi connectivity index (χ4v) is 2.77. The molecule has 1 heterocycles. The average Bonchev–Trinajstić information content (AvgIpc) is 2.56. The molecule has 1 N–H and O–H groups in total. The van der Waals surface area contributed by atoms with Crippen LogP contribution in [-0.2, 0) is 0 Å². The number of hydrogen-bond acceptors (Lipinski definition) is 3. The van der Waals surface area contributed by atoms with Crippen molar-refractivity contribution < 1.29 is 9.52 Å². The van der Waals surface area contributed by atoms with Gasteiger partial charge in [-0.15, -0.1) is 0 Å². The lowest BCUT2D eigenvalue weighted by atomic mass is 9.93. The van der Waals surface area contributed by atoms with E-state index in [2.05, 4.69) is 0 Å². The van der Waals surface area contributed by atoms with Gasteiger partial charge >= 0.3 is 0 Å². The topological polar surface area (TPSA) is 50.4 Å². The number of hydrogen-bond donors (Lipinski definition) is 1. The average molecular weight is 318 g/mol. The smallest absolute Gasteiger partial charge is 0.182 e. The summed E-state index contributed by atoms with van der Waals surface area (Å²) in [5.41, 5.74) is 3.27. The maximum absolute atomic E-state index is 11.7. The fraction of sp³-hybridized carbons (Fsp3) is 0.0952. The summed E-state index contributed by atoms with van der Waals surface area (Å²) in [6.45, 7) is 3.92. The number of allylic oxidation sites excluding steroid dienone is 6. The Bertz CT molecular complexity index is 1000. The van der Waals surface area contributed by atoms with Crippen molar-refractivity contribution in [1.82, 2.24) is 0 Å². The molecular formula is C21H18O3. The molecule has 3 heteroatoms. The van der Waals surface area contributed by atoms with E-state index in [9.17, 15) is 9.90 Å². The summed E-state index contributed by atoms with van der Waals surface area (Å²) in [7, 11) is 0. The molecule has 0 amide bonds. The van der Waals surface area contributed by atoms with E-state index in [1.165, 1.54) is 12.1 Å². The maximum Gasteiger partial charge on any atom is 0.182 e. The number of fused-ring (bicyclic) bond motifs is 2. The van der Waals surface area contributed by atoms with Gasteiger partial charge in [0.1, 0.15) is 17.1 Å². The minimum Gasteiger partial charge on any atom is -0.508 e. The number of phenols is 1. The van der Waals surface area contributed by atoms with Crippen LogP contribution in [0, 0.1) is 0 Å². The van der Waals surface area contributed by atoms with Crippen LogP contribution in [0.3, 0.4) is 0 Å². The van der Waals surface area contributed by atoms with Crippen LogP contribution in [0.4, 0.5) is 0 Å². The fourth-order valence-electron chi connectivity index (χ4n) is 2.77. The van der Waals surface area contributed by atoms with Crippen molar-refractivity contribution in [3.8, 4) is 17.1 Å². The molecule has 0 spiro atoms. The summed E-state index contributed by atoms with van der Waals surface area (Å²) in [6.07, 6.45) is 9.94. The third-order valence-electron chi connectivity index (χ3n) is 3.78. The summed E-state index contributed by atoms with van der Waals surface area (Å²) in [4.78, 5) is 11.7. The van der Waals surface area contributed by atoms with Gasteiger partial charge < -0.3 is 9.52 Å².